The van der Waals surface area contributed by atoms with Crippen molar-refractivity contribution < 1.29 is 24.2 Å². The molecule has 0 bridgehead atoms. The minimum Gasteiger partial charge on any atom is -0.496 e. The minimum atomic E-state index is -0.428. The van der Waals surface area contributed by atoms with Gasteiger partial charge in [0, 0.05) is 42.4 Å². The molecule has 2 amide bonds. The lowest BCUT2D eigenvalue weighted by atomic mass is 9.98. The second kappa shape index (κ2) is 11.4. The van der Waals surface area contributed by atoms with Gasteiger partial charge in [-0.25, -0.2) is 4.98 Å². The molecule has 0 fully saturated rings. The van der Waals surface area contributed by atoms with Crippen LogP contribution in [0.25, 0.3) is 11.1 Å². The molecular weight excluding hydrogens is 470 g/mol. The zero-order valence-electron chi connectivity index (χ0n) is 21.6. The molecule has 3 aromatic rings. The lowest BCUT2D eigenvalue weighted by molar-refractivity contribution is 0.0313. The Morgan fingerprint density at radius 3 is 2.59 bits per heavy atom. The van der Waals surface area contributed by atoms with Gasteiger partial charge >= 0.3 is 0 Å². The summed E-state index contributed by atoms with van der Waals surface area (Å²) in [6.45, 7) is 4.27. The maximum Gasteiger partial charge on any atom is 0.259 e. The molecule has 2 heterocycles. The smallest absolute Gasteiger partial charge is 0.259 e. The molecule has 0 spiro atoms. The Morgan fingerprint density at radius 1 is 1.19 bits per heavy atom. The maximum atomic E-state index is 13.7. The normalized spacial score (nSPS) is 18.2. The van der Waals surface area contributed by atoms with E-state index < -0.39 is 12.1 Å². The third-order valence-electron chi connectivity index (χ3n) is 6.76. The third kappa shape index (κ3) is 5.59. The molecule has 2 aromatic carbocycles. The molecule has 4 rings (SSSR count). The summed E-state index contributed by atoms with van der Waals surface area (Å²) < 4.78 is 11.8. The van der Waals surface area contributed by atoms with Gasteiger partial charge in [-0.1, -0.05) is 43.3 Å². The number of para-hydroxylation sites is 1. The fourth-order valence-corrected chi connectivity index (χ4v) is 4.50. The van der Waals surface area contributed by atoms with Crippen molar-refractivity contribution in [3.63, 3.8) is 0 Å². The van der Waals surface area contributed by atoms with Gasteiger partial charge in [0.15, 0.2) is 0 Å². The second-order valence-corrected chi connectivity index (χ2v) is 9.45. The van der Waals surface area contributed by atoms with E-state index in [2.05, 4.69) is 4.98 Å². The van der Waals surface area contributed by atoms with Crippen LogP contribution in [0.5, 0.6) is 11.6 Å². The fourth-order valence-electron chi connectivity index (χ4n) is 4.50. The first kappa shape index (κ1) is 26.2. The van der Waals surface area contributed by atoms with Gasteiger partial charge in [-0.2, -0.15) is 0 Å². The fraction of sp³-hybridized carbons (Fsp3) is 0.345. The molecule has 0 unspecified atom stereocenters. The van der Waals surface area contributed by atoms with Crippen molar-refractivity contribution in [2.45, 2.75) is 26.0 Å². The molecule has 1 aliphatic heterocycles. The van der Waals surface area contributed by atoms with Crippen molar-refractivity contribution in [2.75, 3.05) is 33.9 Å². The Kier molecular flexibility index (Phi) is 8.08. The first-order chi connectivity index (χ1) is 17.8. The molecule has 0 aliphatic carbocycles. The third-order valence-corrected chi connectivity index (χ3v) is 6.76. The minimum absolute atomic E-state index is 0.116. The number of amides is 2. The Labute approximate surface area is 217 Å². The van der Waals surface area contributed by atoms with Crippen LogP contribution in [0.3, 0.4) is 0 Å². The highest BCUT2D eigenvalue weighted by atomic mass is 16.5. The van der Waals surface area contributed by atoms with Crippen molar-refractivity contribution in [3.05, 3.63) is 78.0 Å². The summed E-state index contributed by atoms with van der Waals surface area (Å²) >= 11 is 0. The number of methoxy groups -OCH3 is 1. The van der Waals surface area contributed by atoms with Crippen molar-refractivity contribution in [3.8, 4) is 22.8 Å². The van der Waals surface area contributed by atoms with Gasteiger partial charge in [-0.3, -0.25) is 9.59 Å². The topological polar surface area (TPSA) is 92.2 Å². The van der Waals surface area contributed by atoms with Crippen molar-refractivity contribution in [2.24, 2.45) is 5.92 Å². The monoisotopic (exact) mass is 503 g/mol. The van der Waals surface area contributed by atoms with Crippen LogP contribution in [0.4, 0.5) is 0 Å². The van der Waals surface area contributed by atoms with E-state index in [0.29, 0.717) is 35.5 Å². The zero-order valence-corrected chi connectivity index (χ0v) is 21.6. The Morgan fingerprint density at radius 2 is 1.89 bits per heavy atom. The molecule has 8 nitrogen and oxygen atoms in total. The highest BCUT2D eigenvalue weighted by molar-refractivity contribution is 5.98. The van der Waals surface area contributed by atoms with E-state index in [9.17, 15) is 14.7 Å². The van der Waals surface area contributed by atoms with Gasteiger partial charge in [0.1, 0.15) is 17.4 Å². The van der Waals surface area contributed by atoms with Crippen LogP contribution in [-0.2, 0) is 0 Å². The van der Waals surface area contributed by atoms with Gasteiger partial charge in [-0.15, -0.1) is 0 Å². The van der Waals surface area contributed by atoms with Gasteiger partial charge in [0.05, 0.1) is 26.3 Å². The van der Waals surface area contributed by atoms with Crippen LogP contribution in [0.1, 0.15) is 34.6 Å². The van der Waals surface area contributed by atoms with E-state index in [0.717, 1.165) is 5.56 Å². The zero-order chi connectivity index (χ0) is 26.5. The van der Waals surface area contributed by atoms with E-state index in [-0.39, 0.29) is 30.2 Å². The van der Waals surface area contributed by atoms with E-state index in [1.165, 1.54) is 0 Å². The quantitative estimate of drug-likeness (QED) is 0.528. The molecule has 1 N–H and O–H groups in total. The van der Waals surface area contributed by atoms with Crippen LogP contribution < -0.4 is 9.47 Å². The Bertz CT molecular complexity index is 1250. The van der Waals surface area contributed by atoms with Gasteiger partial charge in [0.2, 0.25) is 5.88 Å². The summed E-state index contributed by atoms with van der Waals surface area (Å²) in [6, 6.07) is 18.0. The number of hydrogen-bond donors (Lipinski definition) is 1. The summed E-state index contributed by atoms with van der Waals surface area (Å²) in [6.07, 6.45) is 1.23. The summed E-state index contributed by atoms with van der Waals surface area (Å²) in [5.41, 5.74) is 2.41. The summed E-state index contributed by atoms with van der Waals surface area (Å²) in [4.78, 5) is 34.5. The van der Waals surface area contributed by atoms with Gasteiger partial charge < -0.3 is 24.4 Å². The molecule has 0 saturated carbocycles. The van der Waals surface area contributed by atoms with Crippen LogP contribution in [0.2, 0.25) is 0 Å². The molecule has 3 atom stereocenters. The van der Waals surface area contributed by atoms with E-state index >= 15 is 0 Å². The molecular formula is C29H33N3O5. The highest BCUT2D eigenvalue weighted by Gasteiger charge is 2.35. The van der Waals surface area contributed by atoms with Crippen molar-refractivity contribution in [1.82, 2.24) is 14.8 Å². The molecule has 8 heteroatoms. The highest BCUT2D eigenvalue weighted by Crippen LogP contribution is 2.34. The predicted octanol–water partition coefficient (Wildman–Crippen LogP) is 3.75. The van der Waals surface area contributed by atoms with Crippen molar-refractivity contribution >= 4 is 11.8 Å². The number of benzene rings is 2. The molecule has 0 saturated heterocycles. The summed E-state index contributed by atoms with van der Waals surface area (Å²) in [7, 11) is 3.33. The lowest BCUT2D eigenvalue weighted by Crippen LogP contribution is -2.50. The lowest BCUT2D eigenvalue weighted by Gasteiger charge is -2.37. The Balaban J connectivity index is 1.71. The van der Waals surface area contributed by atoms with Crippen LogP contribution >= 0.6 is 0 Å². The standard InChI is InChI=1S/C29H33N3O5/c1-19-16-32(20(2)18-33)29(35)24-14-22(23-12-8-9-13-25(23)36-4)15-30-27(24)37-26(19)17-31(3)28(34)21-10-6-5-7-11-21/h5-15,19-20,26,33H,16-18H2,1-4H3/t19-,20+,26-/m0/s1. The predicted molar refractivity (Wildman–Crippen MR) is 141 cm³/mol. The van der Waals surface area contributed by atoms with Crippen LogP contribution in [0, 0.1) is 5.92 Å². The number of fused-ring (bicyclic) bond motifs is 1. The summed E-state index contributed by atoms with van der Waals surface area (Å²) in [5, 5.41) is 9.90. The molecule has 37 heavy (non-hydrogen) atoms. The number of aliphatic hydroxyl groups is 1. The average molecular weight is 504 g/mol. The molecule has 1 aliphatic rings. The molecule has 0 radical (unpaired) electrons. The Hall–Kier alpha value is -3.91. The van der Waals surface area contributed by atoms with Crippen molar-refractivity contribution in [1.29, 1.82) is 0 Å². The number of hydrogen-bond acceptors (Lipinski definition) is 6. The summed E-state index contributed by atoms with van der Waals surface area (Å²) in [5.74, 6) is 0.356. The maximum absolute atomic E-state index is 13.7. The molecule has 194 valence electrons. The number of likely N-dealkylation sites (N-methyl/N-ethyl adjacent to an activating group) is 1. The number of rotatable bonds is 7. The van der Waals surface area contributed by atoms with Gasteiger partial charge in [-0.05, 0) is 31.2 Å². The number of aliphatic hydroxyl groups excluding tert-OH is 1. The van der Waals surface area contributed by atoms with Gasteiger partial charge in [0.25, 0.3) is 11.8 Å². The van der Waals surface area contributed by atoms with Crippen LogP contribution in [0.15, 0.2) is 66.9 Å². The number of ether oxygens (including phenoxy) is 2. The van der Waals surface area contributed by atoms with Crippen LogP contribution in [-0.4, -0.2) is 77.7 Å². The second-order valence-electron chi connectivity index (χ2n) is 9.45. The van der Waals surface area contributed by atoms with E-state index in [1.54, 1.807) is 48.4 Å². The number of nitrogens with zero attached hydrogens (tertiary/aromatic N) is 3. The SMILES string of the molecule is COc1ccccc1-c1cnc2c(c1)C(=O)N([C@H](C)CO)C[C@H](C)[C@H](CN(C)C(=O)c1ccccc1)O2. The number of aromatic nitrogens is 1. The average Bonchev–Trinajstić information content (AvgIpc) is 2.94. The van der Waals surface area contributed by atoms with E-state index in [1.807, 2.05) is 56.3 Å². The first-order valence-electron chi connectivity index (χ1n) is 12.4. The first-order valence-corrected chi connectivity index (χ1v) is 12.4. The number of pyridine rings is 1. The number of carbonyl (C=O) groups is 2. The number of carbonyl (C=O) groups excluding carboxylic acids is 2. The molecule has 1 aromatic heterocycles. The van der Waals surface area contributed by atoms with E-state index in [4.69, 9.17) is 9.47 Å². The largest absolute Gasteiger partial charge is 0.496 e.